The molecule has 2 heteroatoms. The van der Waals surface area contributed by atoms with Gasteiger partial charge in [0.25, 0.3) is 0 Å². The Bertz CT molecular complexity index is 184. The predicted molar refractivity (Wildman–Crippen MR) is 40.5 cm³/mol. The molecule has 0 aliphatic heterocycles. The van der Waals surface area contributed by atoms with Gasteiger partial charge in [-0.15, -0.1) is 0 Å². The van der Waals surface area contributed by atoms with Crippen LogP contribution >= 0.6 is 11.6 Å². The average Bonchev–Trinajstić information content (AvgIpc) is 1.88. The number of alkyl halides is 1. The van der Waals surface area contributed by atoms with Gasteiger partial charge < -0.3 is 0 Å². The lowest BCUT2D eigenvalue weighted by molar-refractivity contribution is 0.159. The van der Waals surface area contributed by atoms with E-state index >= 15 is 0 Å². The SMILES string of the molecule is [O]C(Cl)Cc1ccccc1. The highest BCUT2D eigenvalue weighted by molar-refractivity contribution is 6.19. The molecule has 0 bridgehead atoms. The van der Waals surface area contributed by atoms with Gasteiger partial charge in [0.1, 0.15) is 0 Å². The van der Waals surface area contributed by atoms with E-state index in [1.807, 2.05) is 30.3 Å². The van der Waals surface area contributed by atoms with Crippen molar-refractivity contribution in [3.05, 3.63) is 35.9 Å². The second-order valence-corrected chi connectivity index (χ2v) is 2.59. The smallest absolute Gasteiger partial charge is 0.170 e. The van der Waals surface area contributed by atoms with Crippen LogP contribution in [0, 0.1) is 0 Å². The van der Waals surface area contributed by atoms with Crippen LogP contribution in [0.1, 0.15) is 5.56 Å². The summed E-state index contributed by atoms with van der Waals surface area (Å²) in [5, 5.41) is 10.5. The minimum atomic E-state index is -1.01. The van der Waals surface area contributed by atoms with Crippen molar-refractivity contribution in [2.75, 3.05) is 0 Å². The normalized spacial score (nSPS) is 13.0. The fourth-order valence-corrected chi connectivity index (χ4v) is 0.978. The summed E-state index contributed by atoms with van der Waals surface area (Å²) in [5.74, 6) is 0. The summed E-state index contributed by atoms with van der Waals surface area (Å²) in [6.45, 7) is 0. The topological polar surface area (TPSA) is 19.9 Å². The molecule has 0 saturated heterocycles. The van der Waals surface area contributed by atoms with E-state index in [1.165, 1.54) is 0 Å². The summed E-state index contributed by atoms with van der Waals surface area (Å²) in [6.07, 6.45) is 0.405. The largest absolute Gasteiger partial charge is 0.215 e. The summed E-state index contributed by atoms with van der Waals surface area (Å²) in [4.78, 5) is 0. The van der Waals surface area contributed by atoms with Crippen LogP contribution in [-0.2, 0) is 11.5 Å². The Kier molecular flexibility index (Phi) is 2.72. The minimum Gasteiger partial charge on any atom is -0.215 e. The Hall–Kier alpha value is -0.530. The quantitative estimate of drug-likeness (QED) is 0.584. The summed E-state index contributed by atoms with van der Waals surface area (Å²) in [5.41, 5.74) is -0.0140. The molecule has 1 atom stereocenters. The van der Waals surface area contributed by atoms with Gasteiger partial charge in [-0.3, -0.25) is 0 Å². The standard InChI is InChI=1S/C8H8ClO/c9-8(10)6-7-4-2-1-3-5-7/h1-5,8H,6H2. The molecule has 1 unspecified atom stereocenters. The van der Waals surface area contributed by atoms with Crippen molar-refractivity contribution < 1.29 is 5.11 Å². The van der Waals surface area contributed by atoms with Crippen molar-refractivity contribution in [1.29, 1.82) is 0 Å². The fraction of sp³-hybridized carbons (Fsp3) is 0.250. The lowest BCUT2D eigenvalue weighted by atomic mass is 10.2. The molecule has 1 aromatic carbocycles. The summed E-state index contributed by atoms with van der Waals surface area (Å²) in [6, 6.07) is 9.50. The molecule has 0 spiro atoms. The van der Waals surface area contributed by atoms with Crippen LogP contribution in [0.4, 0.5) is 0 Å². The molecule has 0 heterocycles. The highest BCUT2D eigenvalue weighted by atomic mass is 35.5. The van der Waals surface area contributed by atoms with Gasteiger partial charge >= 0.3 is 0 Å². The number of hydrogen-bond donors (Lipinski definition) is 0. The van der Waals surface area contributed by atoms with Gasteiger partial charge in [-0.25, -0.2) is 5.11 Å². The maximum atomic E-state index is 10.5. The Balaban J connectivity index is 2.59. The molecular formula is C8H8ClO. The Morgan fingerprint density at radius 1 is 1.30 bits per heavy atom. The molecule has 1 radical (unpaired) electrons. The summed E-state index contributed by atoms with van der Waals surface area (Å²) in [7, 11) is 0. The van der Waals surface area contributed by atoms with E-state index < -0.39 is 5.56 Å². The number of hydrogen-bond acceptors (Lipinski definition) is 0. The number of halogens is 1. The zero-order chi connectivity index (χ0) is 7.40. The lowest BCUT2D eigenvalue weighted by Crippen LogP contribution is -1.97. The molecule has 1 nitrogen and oxygen atoms in total. The van der Waals surface area contributed by atoms with Gasteiger partial charge in [0.05, 0.1) is 0 Å². The molecule has 0 aliphatic carbocycles. The van der Waals surface area contributed by atoms with Gasteiger partial charge in [-0.2, -0.15) is 0 Å². The van der Waals surface area contributed by atoms with Gasteiger partial charge in [-0.1, -0.05) is 41.9 Å². The number of rotatable bonds is 2. The van der Waals surface area contributed by atoms with E-state index in [0.717, 1.165) is 5.56 Å². The zero-order valence-corrected chi connectivity index (χ0v) is 6.21. The molecular weight excluding hydrogens is 148 g/mol. The van der Waals surface area contributed by atoms with E-state index in [1.54, 1.807) is 0 Å². The molecule has 0 aliphatic rings. The van der Waals surface area contributed by atoms with Gasteiger partial charge in [0.15, 0.2) is 5.56 Å². The molecule has 1 aromatic rings. The molecule has 10 heavy (non-hydrogen) atoms. The van der Waals surface area contributed by atoms with Crippen molar-refractivity contribution in [2.24, 2.45) is 0 Å². The van der Waals surface area contributed by atoms with Crippen LogP contribution in [0.25, 0.3) is 0 Å². The van der Waals surface area contributed by atoms with Crippen molar-refractivity contribution in [1.82, 2.24) is 0 Å². The highest BCUT2D eigenvalue weighted by Gasteiger charge is 1.99. The van der Waals surface area contributed by atoms with Crippen LogP contribution in [0.5, 0.6) is 0 Å². The van der Waals surface area contributed by atoms with Crippen LogP contribution in [-0.4, -0.2) is 5.56 Å². The monoisotopic (exact) mass is 155 g/mol. The molecule has 0 saturated carbocycles. The first-order chi connectivity index (χ1) is 4.79. The van der Waals surface area contributed by atoms with Crippen LogP contribution in [0.2, 0.25) is 0 Å². The molecule has 53 valence electrons. The Morgan fingerprint density at radius 3 is 2.40 bits per heavy atom. The lowest BCUT2D eigenvalue weighted by Gasteiger charge is -1.98. The summed E-state index contributed by atoms with van der Waals surface area (Å²) < 4.78 is 0. The van der Waals surface area contributed by atoms with E-state index in [2.05, 4.69) is 0 Å². The first-order valence-corrected chi connectivity index (χ1v) is 3.56. The van der Waals surface area contributed by atoms with E-state index in [0.29, 0.717) is 6.42 Å². The maximum Gasteiger partial charge on any atom is 0.170 e. The second kappa shape index (κ2) is 3.59. The van der Waals surface area contributed by atoms with Gasteiger partial charge in [0.2, 0.25) is 0 Å². The summed E-state index contributed by atoms with van der Waals surface area (Å²) >= 11 is 5.26. The Morgan fingerprint density at radius 2 is 1.90 bits per heavy atom. The fourth-order valence-electron chi connectivity index (χ4n) is 0.799. The maximum absolute atomic E-state index is 10.5. The molecule has 1 rings (SSSR count). The van der Waals surface area contributed by atoms with E-state index in [-0.39, 0.29) is 0 Å². The molecule has 0 fully saturated rings. The third kappa shape index (κ3) is 2.38. The first-order valence-electron chi connectivity index (χ1n) is 3.13. The third-order valence-electron chi connectivity index (χ3n) is 1.24. The minimum absolute atomic E-state index is 0.405. The van der Waals surface area contributed by atoms with Gasteiger partial charge in [-0.05, 0) is 5.56 Å². The number of benzene rings is 1. The van der Waals surface area contributed by atoms with Gasteiger partial charge in [0, 0.05) is 6.42 Å². The van der Waals surface area contributed by atoms with Crippen molar-refractivity contribution in [3.8, 4) is 0 Å². The van der Waals surface area contributed by atoms with Crippen molar-refractivity contribution >= 4 is 11.6 Å². The molecule has 0 N–H and O–H groups in total. The van der Waals surface area contributed by atoms with E-state index in [4.69, 9.17) is 11.6 Å². The van der Waals surface area contributed by atoms with Crippen LogP contribution in [0.15, 0.2) is 30.3 Å². The average molecular weight is 156 g/mol. The van der Waals surface area contributed by atoms with Crippen LogP contribution < -0.4 is 0 Å². The zero-order valence-electron chi connectivity index (χ0n) is 5.46. The molecule has 0 amide bonds. The second-order valence-electron chi connectivity index (χ2n) is 2.10. The van der Waals surface area contributed by atoms with Crippen molar-refractivity contribution in [3.63, 3.8) is 0 Å². The third-order valence-corrected chi connectivity index (χ3v) is 1.39. The first kappa shape index (κ1) is 7.58. The van der Waals surface area contributed by atoms with Crippen molar-refractivity contribution in [2.45, 2.75) is 12.0 Å². The molecule has 0 aromatic heterocycles. The van der Waals surface area contributed by atoms with E-state index in [9.17, 15) is 5.11 Å². The highest BCUT2D eigenvalue weighted by Crippen LogP contribution is 2.04. The van der Waals surface area contributed by atoms with Crippen LogP contribution in [0.3, 0.4) is 0 Å². The Labute approximate surface area is 65.3 Å². The predicted octanol–water partition coefficient (Wildman–Crippen LogP) is 2.22.